The number of anilines is 1. The molecule has 3 rings (SSSR count). The highest BCUT2D eigenvalue weighted by Crippen LogP contribution is 2.33. The van der Waals surface area contributed by atoms with E-state index in [4.69, 9.17) is 5.73 Å². The zero-order valence-corrected chi connectivity index (χ0v) is 12.1. The maximum Gasteiger partial charge on any atom is 0.182 e. The van der Waals surface area contributed by atoms with Crippen LogP contribution in [0.3, 0.4) is 0 Å². The third kappa shape index (κ3) is 2.40. The van der Waals surface area contributed by atoms with Crippen molar-refractivity contribution in [2.24, 2.45) is 5.92 Å². The van der Waals surface area contributed by atoms with Crippen LogP contribution in [-0.4, -0.2) is 20.2 Å². The minimum absolute atomic E-state index is 0.415. The zero-order valence-electron chi connectivity index (χ0n) is 12.1. The van der Waals surface area contributed by atoms with Gasteiger partial charge in [0.2, 0.25) is 0 Å². The van der Waals surface area contributed by atoms with Crippen molar-refractivity contribution in [3.05, 3.63) is 23.8 Å². The number of benzene rings is 1. The molecule has 0 spiro atoms. The van der Waals surface area contributed by atoms with Crippen molar-refractivity contribution < 1.29 is 0 Å². The molecule has 2 N–H and O–H groups in total. The first-order chi connectivity index (χ1) is 9.65. The molecule has 1 fully saturated rings. The lowest BCUT2D eigenvalue weighted by Gasteiger charge is -2.26. The van der Waals surface area contributed by atoms with Crippen LogP contribution in [0.1, 0.15) is 44.2 Å². The summed E-state index contributed by atoms with van der Waals surface area (Å²) in [6.45, 7) is 4.32. The molecule has 0 atom stereocenters. The van der Waals surface area contributed by atoms with Gasteiger partial charge < -0.3 is 5.73 Å². The van der Waals surface area contributed by atoms with Crippen molar-refractivity contribution in [1.29, 1.82) is 0 Å². The van der Waals surface area contributed by atoms with Gasteiger partial charge in [-0.25, -0.2) is 4.68 Å². The molecule has 5 nitrogen and oxygen atoms in total. The van der Waals surface area contributed by atoms with Gasteiger partial charge in [0, 0.05) is 11.3 Å². The number of nitrogens with two attached hydrogens (primary N) is 1. The van der Waals surface area contributed by atoms with E-state index < -0.39 is 0 Å². The topological polar surface area (TPSA) is 69.6 Å². The van der Waals surface area contributed by atoms with Gasteiger partial charge in [-0.05, 0) is 60.6 Å². The van der Waals surface area contributed by atoms with Crippen LogP contribution >= 0.6 is 0 Å². The monoisotopic (exact) mass is 271 g/mol. The van der Waals surface area contributed by atoms with Crippen molar-refractivity contribution in [3.63, 3.8) is 0 Å². The van der Waals surface area contributed by atoms with Gasteiger partial charge in [0.15, 0.2) is 5.82 Å². The lowest BCUT2D eigenvalue weighted by atomic mass is 9.87. The van der Waals surface area contributed by atoms with E-state index in [1.807, 2.05) is 29.8 Å². The van der Waals surface area contributed by atoms with E-state index >= 15 is 0 Å². The summed E-state index contributed by atoms with van der Waals surface area (Å²) in [6, 6.07) is 6.44. The van der Waals surface area contributed by atoms with Crippen LogP contribution in [0.15, 0.2) is 18.2 Å². The summed E-state index contributed by atoms with van der Waals surface area (Å²) in [5.41, 5.74) is 8.86. The number of aromatic nitrogens is 4. The van der Waals surface area contributed by atoms with Crippen LogP contribution in [-0.2, 0) is 0 Å². The van der Waals surface area contributed by atoms with Crippen molar-refractivity contribution >= 4 is 5.69 Å². The maximum absolute atomic E-state index is 6.00. The first-order valence-corrected chi connectivity index (χ1v) is 7.29. The van der Waals surface area contributed by atoms with Crippen LogP contribution in [0.25, 0.3) is 11.4 Å². The number of aryl methyl sites for hydroxylation is 1. The summed E-state index contributed by atoms with van der Waals surface area (Å²) in [4.78, 5) is 0. The smallest absolute Gasteiger partial charge is 0.182 e. The predicted octanol–water partition coefficient (Wildman–Crippen LogP) is 2.98. The third-order valence-electron chi connectivity index (χ3n) is 4.36. The molecule has 1 heterocycles. The standard InChI is InChI=1S/C15H21N5/c1-10-3-7-13(8-4-10)20-15(17-18-19-20)12-6-5-11(2)14(16)9-12/h5-6,9-10,13H,3-4,7-8,16H2,1-2H3. The molecule has 0 amide bonds. The Morgan fingerprint density at radius 2 is 1.95 bits per heavy atom. The van der Waals surface area contributed by atoms with Crippen molar-refractivity contribution in [2.45, 2.75) is 45.6 Å². The molecule has 1 aliphatic rings. The van der Waals surface area contributed by atoms with E-state index in [-0.39, 0.29) is 0 Å². The lowest BCUT2D eigenvalue weighted by molar-refractivity contribution is 0.272. The number of nitrogens with zero attached hydrogens (tertiary/aromatic N) is 4. The van der Waals surface area contributed by atoms with E-state index in [9.17, 15) is 0 Å². The molecule has 20 heavy (non-hydrogen) atoms. The second kappa shape index (κ2) is 5.23. The van der Waals surface area contributed by atoms with Gasteiger partial charge >= 0.3 is 0 Å². The fourth-order valence-corrected chi connectivity index (χ4v) is 2.90. The SMILES string of the molecule is Cc1ccc(-c2nnnn2C2CCC(C)CC2)cc1N. The Balaban J connectivity index is 1.91. The molecule has 1 aromatic heterocycles. The molecule has 2 aromatic rings. The molecular formula is C15H21N5. The average molecular weight is 271 g/mol. The van der Waals surface area contributed by atoms with E-state index in [2.05, 4.69) is 22.4 Å². The Hall–Kier alpha value is -1.91. The van der Waals surface area contributed by atoms with Gasteiger partial charge in [-0.3, -0.25) is 0 Å². The molecule has 106 valence electrons. The van der Waals surface area contributed by atoms with Crippen LogP contribution in [0.4, 0.5) is 5.69 Å². The van der Waals surface area contributed by atoms with Crippen molar-refractivity contribution in [1.82, 2.24) is 20.2 Å². The summed E-state index contributed by atoms with van der Waals surface area (Å²) >= 11 is 0. The number of nitrogen functional groups attached to an aromatic ring is 1. The van der Waals surface area contributed by atoms with Crippen LogP contribution in [0.5, 0.6) is 0 Å². The van der Waals surface area contributed by atoms with Gasteiger partial charge in [-0.2, -0.15) is 0 Å². The molecule has 0 aliphatic heterocycles. The highest BCUT2D eigenvalue weighted by atomic mass is 15.5. The maximum atomic E-state index is 6.00. The van der Waals surface area contributed by atoms with E-state index in [0.29, 0.717) is 6.04 Å². The second-order valence-corrected chi connectivity index (χ2v) is 5.93. The normalized spacial score (nSPS) is 22.9. The van der Waals surface area contributed by atoms with E-state index in [1.54, 1.807) is 0 Å². The largest absolute Gasteiger partial charge is 0.398 e. The Kier molecular flexibility index (Phi) is 3.42. The summed E-state index contributed by atoms with van der Waals surface area (Å²) in [5, 5.41) is 12.3. The summed E-state index contributed by atoms with van der Waals surface area (Å²) in [6.07, 6.45) is 4.81. The molecular weight excluding hydrogens is 250 g/mol. The Bertz CT molecular complexity index is 596. The predicted molar refractivity (Wildman–Crippen MR) is 79.1 cm³/mol. The van der Waals surface area contributed by atoms with Crippen molar-refractivity contribution in [2.75, 3.05) is 5.73 Å². The highest BCUT2D eigenvalue weighted by molar-refractivity contribution is 5.63. The highest BCUT2D eigenvalue weighted by Gasteiger charge is 2.23. The fourth-order valence-electron chi connectivity index (χ4n) is 2.90. The van der Waals surface area contributed by atoms with Crippen LogP contribution in [0, 0.1) is 12.8 Å². The Morgan fingerprint density at radius 1 is 1.20 bits per heavy atom. The third-order valence-corrected chi connectivity index (χ3v) is 4.36. The zero-order chi connectivity index (χ0) is 14.1. The first kappa shape index (κ1) is 13.1. The van der Waals surface area contributed by atoms with Crippen molar-refractivity contribution in [3.8, 4) is 11.4 Å². The van der Waals surface area contributed by atoms with Gasteiger partial charge in [0.25, 0.3) is 0 Å². The molecule has 1 aromatic carbocycles. The molecule has 1 saturated carbocycles. The van der Waals surface area contributed by atoms with E-state index in [1.165, 1.54) is 12.8 Å². The fraction of sp³-hybridized carbons (Fsp3) is 0.533. The molecule has 5 heteroatoms. The first-order valence-electron chi connectivity index (χ1n) is 7.29. The summed E-state index contributed by atoms with van der Waals surface area (Å²) in [7, 11) is 0. The van der Waals surface area contributed by atoms with Gasteiger partial charge in [-0.15, -0.1) is 5.10 Å². The summed E-state index contributed by atoms with van der Waals surface area (Å²) in [5.74, 6) is 1.65. The number of tetrazole rings is 1. The molecule has 0 saturated heterocycles. The molecule has 1 aliphatic carbocycles. The minimum Gasteiger partial charge on any atom is -0.398 e. The molecule has 0 bridgehead atoms. The average Bonchev–Trinajstić information content (AvgIpc) is 2.92. The molecule has 0 radical (unpaired) electrons. The van der Waals surface area contributed by atoms with Gasteiger partial charge in [0.1, 0.15) is 0 Å². The van der Waals surface area contributed by atoms with Crippen LogP contribution in [0.2, 0.25) is 0 Å². The second-order valence-electron chi connectivity index (χ2n) is 5.93. The van der Waals surface area contributed by atoms with Crippen LogP contribution < -0.4 is 5.73 Å². The van der Waals surface area contributed by atoms with E-state index in [0.717, 1.165) is 41.4 Å². The van der Waals surface area contributed by atoms with Gasteiger partial charge in [-0.1, -0.05) is 19.1 Å². The quantitative estimate of drug-likeness (QED) is 0.852. The number of hydrogen-bond donors (Lipinski definition) is 1. The minimum atomic E-state index is 0.415. The number of rotatable bonds is 2. The molecule has 0 unspecified atom stereocenters. The lowest BCUT2D eigenvalue weighted by Crippen LogP contribution is -2.18. The Morgan fingerprint density at radius 3 is 2.65 bits per heavy atom. The number of hydrogen-bond acceptors (Lipinski definition) is 4. The Labute approximate surface area is 119 Å². The van der Waals surface area contributed by atoms with Gasteiger partial charge in [0.05, 0.1) is 6.04 Å². The summed E-state index contributed by atoms with van der Waals surface area (Å²) < 4.78 is 1.98.